The van der Waals surface area contributed by atoms with Crippen molar-refractivity contribution in [1.29, 1.82) is 0 Å². The minimum Gasteiger partial charge on any atom is -0.491 e. The molecule has 0 aromatic heterocycles. The fourth-order valence-electron chi connectivity index (χ4n) is 1.24. The Labute approximate surface area is 106 Å². The third-order valence-corrected chi connectivity index (χ3v) is 2.32. The molecule has 0 spiro atoms. The first kappa shape index (κ1) is 14.8. The van der Waals surface area contributed by atoms with Gasteiger partial charge in [-0.2, -0.15) is 0 Å². The number of hydrogen-bond donors (Lipinski definition) is 1. The maximum absolute atomic E-state index is 5.85. The van der Waals surface area contributed by atoms with Crippen LogP contribution in [0.3, 0.4) is 0 Å². The lowest BCUT2D eigenvalue weighted by Gasteiger charge is -2.16. The zero-order chi connectivity index (χ0) is 10.7. The van der Waals surface area contributed by atoms with Gasteiger partial charge in [-0.3, -0.25) is 0 Å². The standard InChI is InChI=1S/C11H16BrNO.ClH/c1-7(2)14-11-6-9(12)4-5-10(11)8(3)13;/h4-8H,13H2,1-3H3;1H/t8-;/m0./s1. The van der Waals surface area contributed by atoms with Gasteiger partial charge in [0, 0.05) is 16.1 Å². The summed E-state index contributed by atoms with van der Waals surface area (Å²) in [5.74, 6) is 0.865. The summed E-state index contributed by atoms with van der Waals surface area (Å²) in [7, 11) is 0. The molecule has 0 amide bonds. The van der Waals surface area contributed by atoms with E-state index >= 15 is 0 Å². The molecule has 0 saturated heterocycles. The molecule has 0 aliphatic rings. The van der Waals surface area contributed by atoms with Gasteiger partial charge in [-0.1, -0.05) is 22.0 Å². The zero-order valence-corrected chi connectivity index (χ0v) is 11.6. The maximum Gasteiger partial charge on any atom is 0.125 e. The van der Waals surface area contributed by atoms with E-state index in [1.54, 1.807) is 0 Å². The van der Waals surface area contributed by atoms with E-state index in [9.17, 15) is 0 Å². The molecule has 1 aromatic carbocycles. The highest BCUT2D eigenvalue weighted by Crippen LogP contribution is 2.28. The molecule has 1 rings (SSSR count). The van der Waals surface area contributed by atoms with E-state index in [0.717, 1.165) is 15.8 Å². The molecule has 2 nitrogen and oxygen atoms in total. The van der Waals surface area contributed by atoms with E-state index < -0.39 is 0 Å². The lowest BCUT2D eigenvalue weighted by molar-refractivity contribution is 0.239. The van der Waals surface area contributed by atoms with Crippen molar-refractivity contribution in [1.82, 2.24) is 0 Å². The Morgan fingerprint density at radius 3 is 2.33 bits per heavy atom. The Balaban J connectivity index is 0.00000196. The Hall–Kier alpha value is -0.250. The Kier molecular flexibility index (Phi) is 6.25. The first-order chi connectivity index (χ1) is 6.50. The van der Waals surface area contributed by atoms with E-state index in [1.807, 2.05) is 39.0 Å². The van der Waals surface area contributed by atoms with Gasteiger partial charge in [-0.25, -0.2) is 0 Å². The lowest BCUT2D eigenvalue weighted by Crippen LogP contribution is -2.12. The Morgan fingerprint density at radius 2 is 1.87 bits per heavy atom. The van der Waals surface area contributed by atoms with Crippen LogP contribution in [0.2, 0.25) is 0 Å². The summed E-state index contributed by atoms with van der Waals surface area (Å²) in [4.78, 5) is 0. The number of nitrogens with two attached hydrogens (primary N) is 1. The second-order valence-electron chi connectivity index (χ2n) is 3.64. The van der Waals surface area contributed by atoms with Crippen LogP contribution in [0.15, 0.2) is 22.7 Å². The second-order valence-corrected chi connectivity index (χ2v) is 4.55. The number of benzene rings is 1. The molecule has 0 aliphatic carbocycles. The number of ether oxygens (including phenoxy) is 1. The predicted molar refractivity (Wildman–Crippen MR) is 69.8 cm³/mol. The van der Waals surface area contributed by atoms with Gasteiger partial charge in [0.25, 0.3) is 0 Å². The minimum atomic E-state index is -0.00292. The average Bonchev–Trinajstić information content (AvgIpc) is 2.01. The highest BCUT2D eigenvalue weighted by atomic mass is 79.9. The van der Waals surface area contributed by atoms with Gasteiger partial charge >= 0.3 is 0 Å². The molecule has 0 unspecified atom stereocenters. The van der Waals surface area contributed by atoms with Crippen LogP contribution < -0.4 is 10.5 Å². The third-order valence-electron chi connectivity index (χ3n) is 1.83. The normalized spacial score (nSPS) is 12.1. The fourth-order valence-corrected chi connectivity index (χ4v) is 1.58. The molecular formula is C11H17BrClNO. The van der Waals surface area contributed by atoms with Gasteiger partial charge in [-0.05, 0) is 32.9 Å². The topological polar surface area (TPSA) is 35.2 Å². The summed E-state index contributed by atoms with van der Waals surface area (Å²) < 4.78 is 6.69. The summed E-state index contributed by atoms with van der Waals surface area (Å²) >= 11 is 3.41. The van der Waals surface area contributed by atoms with E-state index in [4.69, 9.17) is 10.5 Å². The monoisotopic (exact) mass is 293 g/mol. The number of halogens is 2. The van der Waals surface area contributed by atoms with Crippen molar-refractivity contribution in [3.05, 3.63) is 28.2 Å². The quantitative estimate of drug-likeness (QED) is 0.923. The van der Waals surface area contributed by atoms with Crippen LogP contribution in [-0.2, 0) is 0 Å². The summed E-state index contributed by atoms with van der Waals surface area (Å²) in [5.41, 5.74) is 6.89. The molecule has 0 fully saturated rings. The molecule has 0 aliphatic heterocycles. The fraction of sp³-hybridized carbons (Fsp3) is 0.455. The van der Waals surface area contributed by atoms with E-state index in [1.165, 1.54) is 0 Å². The number of hydrogen-bond acceptors (Lipinski definition) is 2. The summed E-state index contributed by atoms with van der Waals surface area (Å²) in [6.07, 6.45) is 0.168. The third kappa shape index (κ3) is 4.41. The van der Waals surface area contributed by atoms with E-state index in [2.05, 4.69) is 15.9 Å². The van der Waals surface area contributed by atoms with Gasteiger partial charge in [-0.15, -0.1) is 12.4 Å². The smallest absolute Gasteiger partial charge is 0.125 e. The molecule has 15 heavy (non-hydrogen) atoms. The molecule has 4 heteroatoms. The van der Waals surface area contributed by atoms with Crippen LogP contribution in [0, 0.1) is 0 Å². The Bertz CT molecular complexity index is 315. The Morgan fingerprint density at radius 1 is 1.27 bits per heavy atom. The van der Waals surface area contributed by atoms with E-state index in [-0.39, 0.29) is 24.6 Å². The van der Waals surface area contributed by atoms with Gasteiger partial charge in [0.15, 0.2) is 0 Å². The molecular weight excluding hydrogens is 277 g/mol. The summed E-state index contributed by atoms with van der Waals surface area (Å²) in [6.45, 7) is 5.97. The summed E-state index contributed by atoms with van der Waals surface area (Å²) in [5, 5.41) is 0. The van der Waals surface area contributed by atoms with Crippen LogP contribution in [-0.4, -0.2) is 6.10 Å². The van der Waals surface area contributed by atoms with Crippen molar-refractivity contribution in [3.63, 3.8) is 0 Å². The van der Waals surface area contributed by atoms with Gasteiger partial charge < -0.3 is 10.5 Å². The molecule has 0 heterocycles. The molecule has 0 radical (unpaired) electrons. The van der Waals surface area contributed by atoms with Gasteiger partial charge in [0.05, 0.1) is 6.10 Å². The van der Waals surface area contributed by atoms with Crippen molar-refractivity contribution in [2.24, 2.45) is 5.73 Å². The predicted octanol–water partition coefficient (Wildman–Crippen LogP) is 3.68. The molecule has 2 N–H and O–H groups in total. The van der Waals surface area contributed by atoms with Crippen molar-refractivity contribution >= 4 is 28.3 Å². The SMILES string of the molecule is CC(C)Oc1cc(Br)ccc1[C@H](C)N.Cl. The molecule has 1 atom stereocenters. The van der Waals surface area contributed by atoms with Crippen LogP contribution in [0.4, 0.5) is 0 Å². The highest BCUT2D eigenvalue weighted by molar-refractivity contribution is 9.10. The summed E-state index contributed by atoms with van der Waals surface area (Å²) in [6, 6.07) is 5.92. The highest BCUT2D eigenvalue weighted by Gasteiger charge is 2.09. The molecule has 1 aromatic rings. The van der Waals surface area contributed by atoms with Crippen molar-refractivity contribution in [3.8, 4) is 5.75 Å². The van der Waals surface area contributed by atoms with Crippen LogP contribution in [0.5, 0.6) is 5.75 Å². The first-order valence-corrected chi connectivity index (χ1v) is 5.51. The second kappa shape index (κ2) is 6.36. The minimum absolute atomic E-state index is 0. The van der Waals surface area contributed by atoms with Crippen LogP contribution in [0.1, 0.15) is 32.4 Å². The first-order valence-electron chi connectivity index (χ1n) is 4.72. The van der Waals surface area contributed by atoms with Gasteiger partial charge in [0.1, 0.15) is 5.75 Å². The van der Waals surface area contributed by atoms with Crippen molar-refractivity contribution in [2.75, 3.05) is 0 Å². The van der Waals surface area contributed by atoms with Crippen molar-refractivity contribution < 1.29 is 4.74 Å². The number of rotatable bonds is 3. The molecule has 0 bridgehead atoms. The van der Waals surface area contributed by atoms with Crippen LogP contribution >= 0.6 is 28.3 Å². The zero-order valence-electron chi connectivity index (χ0n) is 9.16. The average molecular weight is 295 g/mol. The largest absolute Gasteiger partial charge is 0.491 e. The van der Waals surface area contributed by atoms with Crippen LogP contribution in [0.25, 0.3) is 0 Å². The van der Waals surface area contributed by atoms with E-state index in [0.29, 0.717) is 0 Å². The van der Waals surface area contributed by atoms with Gasteiger partial charge in [0.2, 0.25) is 0 Å². The lowest BCUT2D eigenvalue weighted by atomic mass is 10.1. The molecule has 0 saturated carbocycles. The molecule has 86 valence electrons. The van der Waals surface area contributed by atoms with Crippen molar-refractivity contribution in [2.45, 2.75) is 32.9 Å². The maximum atomic E-state index is 5.85.